The van der Waals surface area contributed by atoms with Gasteiger partial charge in [0.25, 0.3) is 5.91 Å². The molecule has 1 atom stereocenters. The van der Waals surface area contributed by atoms with Crippen LogP contribution >= 0.6 is 0 Å². The maximum atomic E-state index is 12.4. The highest BCUT2D eigenvalue weighted by atomic mass is 32.2. The Kier molecular flexibility index (Phi) is 5.22. The number of esters is 1. The van der Waals surface area contributed by atoms with Crippen LogP contribution < -0.4 is 0 Å². The highest BCUT2D eigenvalue weighted by Crippen LogP contribution is 2.19. The highest BCUT2D eigenvalue weighted by molar-refractivity contribution is 7.91. The molecule has 0 saturated carbocycles. The van der Waals surface area contributed by atoms with Crippen LogP contribution in [0.5, 0.6) is 0 Å². The van der Waals surface area contributed by atoms with Gasteiger partial charge in [-0.15, -0.1) is 0 Å². The fourth-order valence-corrected chi connectivity index (χ4v) is 4.96. The van der Waals surface area contributed by atoms with Gasteiger partial charge in [-0.05, 0) is 31.5 Å². The van der Waals surface area contributed by atoms with Crippen LogP contribution in [0.4, 0.5) is 0 Å². The molecule has 0 spiro atoms. The van der Waals surface area contributed by atoms with Gasteiger partial charge >= 0.3 is 5.97 Å². The minimum absolute atomic E-state index is 0.0322. The smallest absolute Gasteiger partial charge is 0.339 e. The molecule has 138 valence electrons. The van der Waals surface area contributed by atoms with Gasteiger partial charge < -0.3 is 9.64 Å². The van der Waals surface area contributed by atoms with E-state index in [4.69, 9.17) is 4.74 Å². The number of rotatable bonds is 5. The standard InChI is InChI=1S/C18H20N2O5S/c1-2-20(13-8-10-26(23,24)12-13)17(21)11-25-18(22)15-5-3-7-16-14(15)6-4-9-19-16/h3-7,9,13H,2,8,10-12H2,1H3. The van der Waals surface area contributed by atoms with Gasteiger partial charge in [-0.25, -0.2) is 13.2 Å². The molecule has 1 fully saturated rings. The normalized spacial score (nSPS) is 18.6. The van der Waals surface area contributed by atoms with Gasteiger partial charge in [0.1, 0.15) is 0 Å². The predicted octanol–water partition coefficient (Wildman–Crippen LogP) is 1.43. The fourth-order valence-electron chi connectivity index (χ4n) is 3.23. The minimum atomic E-state index is -3.09. The number of aromatic nitrogens is 1. The summed E-state index contributed by atoms with van der Waals surface area (Å²) in [7, 11) is -3.09. The van der Waals surface area contributed by atoms with Gasteiger partial charge in [0, 0.05) is 24.2 Å². The van der Waals surface area contributed by atoms with E-state index in [1.807, 2.05) is 0 Å². The van der Waals surface area contributed by atoms with Gasteiger partial charge in [-0.3, -0.25) is 9.78 Å². The fraction of sp³-hybridized carbons (Fsp3) is 0.389. The molecule has 8 heteroatoms. The number of amides is 1. The lowest BCUT2D eigenvalue weighted by molar-refractivity contribution is -0.136. The monoisotopic (exact) mass is 376 g/mol. The molecular formula is C18H20N2O5S. The third-order valence-corrected chi connectivity index (χ3v) is 6.25. The zero-order chi connectivity index (χ0) is 18.7. The van der Waals surface area contributed by atoms with E-state index in [1.54, 1.807) is 43.5 Å². The number of sulfone groups is 1. The number of likely N-dealkylation sites (N-methyl/N-ethyl adjacent to an activating group) is 1. The van der Waals surface area contributed by atoms with Crippen LogP contribution in [0.3, 0.4) is 0 Å². The van der Waals surface area contributed by atoms with Crippen LogP contribution in [0.25, 0.3) is 10.9 Å². The summed E-state index contributed by atoms with van der Waals surface area (Å²) < 4.78 is 28.4. The first-order valence-electron chi connectivity index (χ1n) is 8.42. The van der Waals surface area contributed by atoms with Crippen LogP contribution in [-0.4, -0.2) is 60.9 Å². The number of pyridine rings is 1. The second kappa shape index (κ2) is 7.41. The first-order chi connectivity index (χ1) is 12.4. The van der Waals surface area contributed by atoms with Gasteiger partial charge in [0.05, 0.1) is 22.6 Å². The summed E-state index contributed by atoms with van der Waals surface area (Å²) in [6.45, 7) is 1.73. The summed E-state index contributed by atoms with van der Waals surface area (Å²) in [6, 6.07) is 8.26. The zero-order valence-electron chi connectivity index (χ0n) is 14.4. The minimum Gasteiger partial charge on any atom is -0.452 e. The Morgan fingerprint density at radius 3 is 2.77 bits per heavy atom. The second-order valence-corrected chi connectivity index (χ2v) is 8.42. The summed E-state index contributed by atoms with van der Waals surface area (Å²) in [6.07, 6.45) is 2.06. The van der Waals surface area contributed by atoms with Crippen molar-refractivity contribution >= 4 is 32.6 Å². The second-order valence-electron chi connectivity index (χ2n) is 6.19. The third kappa shape index (κ3) is 3.85. The maximum Gasteiger partial charge on any atom is 0.339 e. The predicted molar refractivity (Wildman–Crippen MR) is 96.5 cm³/mol. The molecule has 1 aromatic heterocycles. The van der Waals surface area contributed by atoms with Crippen LogP contribution in [-0.2, 0) is 19.4 Å². The molecule has 1 amide bonds. The van der Waals surface area contributed by atoms with Crippen molar-refractivity contribution < 1.29 is 22.7 Å². The van der Waals surface area contributed by atoms with Crippen molar-refractivity contribution in [2.45, 2.75) is 19.4 Å². The van der Waals surface area contributed by atoms with Crippen LogP contribution in [0.1, 0.15) is 23.7 Å². The number of carbonyl (C=O) groups is 2. The molecule has 0 N–H and O–H groups in total. The molecule has 1 aromatic carbocycles. The van der Waals surface area contributed by atoms with Crippen LogP contribution in [0.2, 0.25) is 0 Å². The molecule has 1 saturated heterocycles. The molecule has 26 heavy (non-hydrogen) atoms. The van der Waals surface area contributed by atoms with Gasteiger partial charge in [-0.2, -0.15) is 0 Å². The average Bonchev–Trinajstić information content (AvgIpc) is 2.99. The Labute approximate surface area is 151 Å². The van der Waals surface area contributed by atoms with Gasteiger partial charge in [0.15, 0.2) is 16.4 Å². The molecule has 0 radical (unpaired) electrons. The summed E-state index contributed by atoms with van der Waals surface area (Å²) in [5, 5.41) is 0.654. The van der Waals surface area contributed by atoms with E-state index >= 15 is 0 Å². The van der Waals surface area contributed by atoms with Crippen molar-refractivity contribution in [2.24, 2.45) is 0 Å². The molecule has 1 aliphatic rings. The van der Waals surface area contributed by atoms with E-state index in [0.717, 1.165) is 0 Å². The lowest BCUT2D eigenvalue weighted by atomic mass is 10.1. The lowest BCUT2D eigenvalue weighted by Crippen LogP contribution is -2.43. The Morgan fingerprint density at radius 1 is 1.27 bits per heavy atom. The quantitative estimate of drug-likeness (QED) is 0.733. The molecule has 1 unspecified atom stereocenters. The van der Waals surface area contributed by atoms with E-state index in [0.29, 0.717) is 29.4 Å². The number of carbonyl (C=O) groups excluding carboxylic acids is 2. The van der Waals surface area contributed by atoms with Crippen LogP contribution in [0, 0.1) is 0 Å². The number of ether oxygens (including phenoxy) is 1. The van der Waals surface area contributed by atoms with Crippen molar-refractivity contribution in [3.63, 3.8) is 0 Å². The number of hydrogen-bond acceptors (Lipinski definition) is 6. The highest BCUT2D eigenvalue weighted by Gasteiger charge is 2.34. The summed E-state index contributed by atoms with van der Waals surface area (Å²) in [4.78, 5) is 30.5. The third-order valence-electron chi connectivity index (χ3n) is 4.50. The van der Waals surface area contributed by atoms with Crippen molar-refractivity contribution in [3.05, 3.63) is 42.1 Å². The van der Waals surface area contributed by atoms with Crippen molar-refractivity contribution in [1.29, 1.82) is 0 Å². The molecule has 1 aliphatic heterocycles. The summed E-state index contributed by atoms with van der Waals surface area (Å²) in [5.41, 5.74) is 1.01. The number of benzene rings is 1. The van der Waals surface area contributed by atoms with Crippen molar-refractivity contribution in [3.8, 4) is 0 Å². The lowest BCUT2D eigenvalue weighted by Gasteiger charge is -2.26. The SMILES string of the molecule is CCN(C(=O)COC(=O)c1cccc2ncccc12)C1CCS(=O)(=O)C1. The largest absolute Gasteiger partial charge is 0.452 e. The average molecular weight is 376 g/mol. The van der Waals surface area contributed by atoms with E-state index in [-0.39, 0.29) is 23.5 Å². The van der Waals surface area contributed by atoms with Gasteiger partial charge in [0.2, 0.25) is 0 Å². The zero-order valence-corrected chi connectivity index (χ0v) is 15.2. The molecule has 7 nitrogen and oxygen atoms in total. The van der Waals surface area contributed by atoms with Crippen molar-refractivity contribution in [2.75, 3.05) is 24.7 Å². The maximum absolute atomic E-state index is 12.4. The molecule has 2 aromatic rings. The Morgan fingerprint density at radius 2 is 2.08 bits per heavy atom. The molecule has 0 bridgehead atoms. The van der Waals surface area contributed by atoms with E-state index < -0.39 is 22.4 Å². The Balaban J connectivity index is 1.67. The van der Waals surface area contributed by atoms with Crippen LogP contribution in [0.15, 0.2) is 36.5 Å². The van der Waals surface area contributed by atoms with E-state index in [9.17, 15) is 18.0 Å². The number of nitrogens with zero attached hydrogens (tertiary/aromatic N) is 2. The van der Waals surface area contributed by atoms with Crippen molar-refractivity contribution in [1.82, 2.24) is 9.88 Å². The summed E-state index contributed by atoms with van der Waals surface area (Å²) >= 11 is 0. The summed E-state index contributed by atoms with van der Waals surface area (Å²) in [5.74, 6) is -0.937. The topological polar surface area (TPSA) is 93.6 Å². The first-order valence-corrected chi connectivity index (χ1v) is 10.2. The first kappa shape index (κ1) is 18.3. The van der Waals surface area contributed by atoms with E-state index in [1.165, 1.54) is 4.90 Å². The van der Waals surface area contributed by atoms with Gasteiger partial charge in [-0.1, -0.05) is 12.1 Å². The molecule has 0 aliphatic carbocycles. The van der Waals surface area contributed by atoms with E-state index in [2.05, 4.69) is 4.98 Å². The Hall–Kier alpha value is -2.48. The number of hydrogen-bond donors (Lipinski definition) is 0. The Bertz CT molecular complexity index is 936. The molecule has 3 rings (SSSR count). The molecule has 2 heterocycles. The number of fused-ring (bicyclic) bond motifs is 1. The molecular weight excluding hydrogens is 356 g/mol.